The van der Waals surface area contributed by atoms with Crippen LogP contribution in [-0.2, 0) is 17.7 Å². The lowest BCUT2D eigenvalue weighted by Crippen LogP contribution is -2.35. The standard InChI is InChI=1S/C30H33N7O3/c1-4-26-27(32-14-13-31-26)20-37-28-22(18-21(29(37)38)12-17-39-5-2)19-33-30(35-28)34-23-6-8-24(9-7-23)40-25-10-15-36(3)16-11-25/h6-9,13-14,18-19,25H,4-5,10-11,15-16,20H2,1-3H3,(H,33,34,35). The summed E-state index contributed by atoms with van der Waals surface area (Å²) >= 11 is 0. The molecule has 0 bridgehead atoms. The normalized spacial score (nSPS) is 14.0. The highest BCUT2D eigenvalue weighted by Gasteiger charge is 2.18. The summed E-state index contributed by atoms with van der Waals surface area (Å²) < 4.78 is 12.9. The number of likely N-dealkylation sites (tertiary alicyclic amines) is 1. The summed E-state index contributed by atoms with van der Waals surface area (Å²) in [6.45, 7) is 6.57. The van der Waals surface area contributed by atoms with Crippen LogP contribution in [0.15, 0.2) is 53.7 Å². The van der Waals surface area contributed by atoms with Crippen molar-refractivity contribution in [3.05, 3.63) is 76.2 Å². The predicted molar refractivity (Wildman–Crippen MR) is 154 cm³/mol. The third-order valence-corrected chi connectivity index (χ3v) is 6.81. The molecular formula is C30H33N7O3. The van der Waals surface area contributed by atoms with Crippen LogP contribution >= 0.6 is 0 Å². The van der Waals surface area contributed by atoms with Crippen molar-refractivity contribution in [2.75, 3.05) is 32.1 Å². The van der Waals surface area contributed by atoms with Crippen LogP contribution in [0.2, 0.25) is 0 Å². The fourth-order valence-electron chi connectivity index (χ4n) is 4.63. The molecule has 0 spiro atoms. The number of anilines is 2. The van der Waals surface area contributed by atoms with Crippen LogP contribution in [0.3, 0.4) is 0 Å². The van der Waals surface area contributed by atoms with Crippen molar-refractivity contribution in [3.8, 4) is 17.8 Å². The summed E-state index contributed by atoms with van der Waals surface area (Å²) in [5.41, 5.74) is 2.82. The molecule has 206 valence electrons. The molecule has 10 nitrogen and oxygen atoms in total. The van der Waals surface area contributed by atoms with Gasteiger partial charge in [0.05, 0.1) is 30.1 Å². The average molecular weight is 540 g/mol. The summed E-state index contributed by atoms with van der Waals surface area (Å²) in [5, 5.41) is 3.92. The Bertz CT molecular complexity index is 1580. The lowest BCUT2D eigenvalue weighted by molar-refractivity contribution is 0.114. The molecule has 10 heteroatoms. The number of aryl methyl sites for hydroxylation is 1. The van der Waals surface area contributed by atoms with E-state index in [4.69, 9.17) is 14.5 Å². The first-order valence-corrected chi connectivity index (χ1v) is 13.6. The quantitative estimate of drug-likeness (QED) is 0.335. The third-order valence-electron chi connectivity index (χ3n) is 6.81. The number of nitrogens with one attached hydrogen (secondary N) is 1. The van der Waals surface area contributed by atoms with Gasteiger partial charge in [-0.3, -0.25) is 19.3 Å². The minimum Gasteiger partial charge on any atom is -0.490 e. The largest absolute Gasteiger partial charge is 0.490 e. The Balaban J connectivity index is 1.43. The van der Waals surface area contributed by atoms with E-state index in [1.807, 2.05) is 38.1 Å². The molecule has 1 fully saturated rings. The highest BCUT2D eigenvalue weighted by molar-refractivity contribution is 5.77. The van der Waals surface area contributed by atoms with Gasteiger partial charge in [0.25, 0.3) is 5.56 Å². The monoisotopic (exact) mass is 539 g/mol. The average Bonchev–Trinajstić information content (AvgIpc) is 2.98. The van der Waals surface area contributed by atoms with Gasteiger partial charge in [0.1, 0.15) is 23.6 Å². The molecule has 0 aliphatic carbocycles. The van der Waals surface area contributed by atoms with E-state index >= 15 is 0 Å². The number of piperidine rings is 1. The number of pyridine rings is 1. The number of hydrogen-bond acceptors (Lipinski definition) is 9. The van der Waals surface area contributed by atoms with E-state index in [0.717, 1.165) is 43.1 Å². The van der Waals surface area contributed by atoms with E-state index in [0.29, 0.717) is 41.3 Å². The molecule has 1 aromatic carbocycles. The maximum atomic E-state index is 13.5. The molecule has 4 aromatic rings. The summed E-state index contributed by atoms with van der Waals surface area (Å²) in [4.78, 5) is 34.0. The van der Waals surface area contributed by atoms with Crippen molar-refractivity contribution in [1.29, 1.82) is 0 Å². The number of aromatic nitrogens is 5. The van der Waals surface area contributed by atoms with Gasteiger partial charge in [-0.15, -0.1) is 0 Å². The molecule has 0 atom stereocenters. The number of benzene rings is 1. The number of nitrogens with zero attached hydrogens (tertiary/aromatic N) is 6. The van der Waals surface area contributed by atoms with Crippen LogP contribution in [0.5, 0.6) is 5.75 Å². The van der Waals surface area contributed by atoms with E-state index in [1.54, 1.807) is 29.2 Å². The summed E-state index contributed by atoms with van der Waals surface area (Å²) in [7, 11) is 2.14. The Morgan fingerprint density at radius 1 is 1.05 bits per heavy atom. The topological polar surface area (TPSA) is 107 Å². The van der Waals surface area contributed by atoms with E-state index in [9.17, 15) is 4.79 Å². The number of fused-ring (bicyclic) bond motifs is 1. The van der Waals surface area contributed by atoms with Gasteiger partial charge >= 0.3 is 0 Å². The predicted octanol–water partition coefficient (Wildman–Crippen LogP) is 3.75. The molecule has 1 N–H and O–H groups in total. The molecule has 5 rings (SSSR count). The van der Waals surface area contributed by atoms with E-state index in [1.165, 1.54) is 0 Å². The van der Waals surface area contributed by atoms with Crippen molar-refractivity contribution in [3.63, 3.8) is 0 Å². The Morgan fingerprint density at radius 2 is 1.80 bits per heavy atom. The number of ether oxygens (including phenoxy) is 2. The zero-order chi connectivity index (χ0) is 27.9. The Labute approximate surface area is 233 Å². The molecule has 3 aromatic heterocycles. The first kappa shape index (κ1) is 27.1. The Kier molecular flexibility index (Phi) is 8.52. The molecule has 40 heavy (non-hydrogen) atoms. The second-order valence-electron chi connectivity index (χ2n) is 9.66. The molecule has 0 saturated carbocycles. The van der Waals surface area contributed by atoms with Gasteiger partial charge in [0.15, 0.2) is 0 Å². The zero-order valence-corrected chi connectivity index (χ0v) is 23.1. The van der Waals surface area contributed by atoms with Crippen molar-refractivity contribution in [2.45, 2.75) is 45.8 Å². The highest BCUT2D eigenvalue weighted by atomic mass is 16.5. The maximum Gasteiger partial charge on any atom is 0.268 e. The maximum absolute atomic E-state index is 13.5. The molecule has 1 aliphatic rings. The van der Waals surface area contributed by atoms with Crippen LogP contribution in [0.4, 0.5) is 11.6 Å². The molecule has 0 amide bonds. The van der Waals surface area contributed by atoms with E-state index < -0.39 is 0 Å². The van der Waals surface area contributed by atoms with Crippen LogP contribution < -0.4 is 15.6 Å². The van der Waals surface area contributed by atoms with Gasteiger partial charge < -0.3 is 19.7 Å². The summed E-state index contributed by atoms with van der Waals surface area (Å²) in [6, 6.07) is 9.45. The lowest BCUT2D eigenvalue weighted by Gasteiger charge is -2.29. The van der Waals surface area contributed by atoms with Gasteiger partial charge in [0.2, 0.25) is 5.95 Å². The summed E-state index contributed by atoms with van der Waals surface area (Å²) in [6.07, 6.45) is 10.5. The summed E-state index contributed by atoms with van der Waals surface area (Å²) in [5.74, 6) is 4.03. The Hall–Kier alpha value is -4.49. The van der Waals surface area contributed by atoms with Gasteiger partial charge in [-0.05, 0) is 69.5 Å². The SMILES string of the molecule is CCOC#Cc1cc2cnc(Nc3ccc(OC4CCN(C)CC4)cc3)nc2n(Cc2nccnc2CC)c1=O. The minimum absolute atomic E-state index is 0.204. The van der Waals surface area contributed by atoms with Crippen molar-refractivity contribution < 1.29 is 9.47 Å². The smallest absolute Gasteiger partial charge is 0.268 e. The first-order chi connectivity index (χ1) is 19.5. The van der Waals surface area contributed by atoms with Crippen molar-refractivity contribution >= 4 is 22.7 Å². The third kappa shape index (κ3) is 6.38. The number of rotatable bonds is 8. The van der Waals surface area contributed by atoms with E-state index in [-0.39, 0.29) is 18.2 Å². The van der Waals surface area contributed by atoms with Crippen LogP contribution in [0, 0.1) is 12.0 Å². The number of hydrogen-bond donors (Lipinski definition) is 1. The fourth-order valence-corrected chi connectivity index (χ4v) is 4.63. The molecule has 1 saturated heterocycles. The van der Waals surface area contributed by atoms with Crippen LogP contribution in [0.25, 0.3) is 11.0 Å². The van der Waals surface area contributed by atoms with Gasteiger partial charge in [-0.25, -0.2) is 4.98 Å². The second-order valence-corrected chi connectivity index (χ2v) is 9.66. The fraction of sp³-hybridized carbons (Fsp3) is 0.367. The highest BCUT2D eigenvalue weighted by Crippen LogP contribution is 2.23. The second kappa shape index (κ2) is 12.6. The molecule has 0 unspecified atom stereocenters. The first-order valence-electron chi connectivity index (χ1n) is 13.6. The molecule has 0 radical (unpaired) electrons. The van der Waals surface area contributed by atoms with Crippen LogP contribution in [0.1, 0.15) is 43.6 Å². The minimum atomic E-state index is -0.285. The molecule has 1 aliphatic heterocycles. The molecular weight excluding hydrogens is 506 g/mol. The van der Waals surface area contributed by atoms with E-state index in [2.05, 4.69) is 44.2 Å². The van der Waals surface area contributed by atoms with Gasteiger partial charge in [-0.1, -0.05) is 6.92 Å². The van der Waals surface area contributed by atoms with Crippen molar-refractivity contribution in [2.24, 2.45) is 0 Å². The van der Waals surface area contributed by atoms with Gasteiger partial charge in [0, 0.05) is 42.8 Å². The van der Waals surface area contributed by atoms with Gasteiger partial charge in [-0.2, -0.15) is 4.98 Å². The molecule has 4 heterocycles. The van der Waals surface area contributed by atoms with Crippen molar-refractivity contribution in [1.82, 2.24) is 29.4 Å². The lowest BCUT2D eigenvalue weighted by atomic mass is 10.1. The Morgan fingerprint density at radius 3 is 2.52 bits per heavy atom. The zero-order valence-electron chi connectivity index (χ0n) is 23.1. The van der Waals surface area contributed by atoms with Crippen LogP contribution in [-0.4, -0.2) is 62.3 Å².